The van der Waals surface area contributed by atoms with Crippen LogP contribution in [0.25, 0.3) is 0 Å². The second-order valence-electron chi connectivity index (χ2n) is 4.76. The first-order chi connectivity index (χ1) is 8.21. The third-order valence-electron chi connectivity index (χ3n) is 3.12. The van der Waals surface area contributed by atoms with E-state index in [0.29, 0.717) is 17.1 Å². The molecule has 5 heteroatoms. The van der Waals surface area contributed by atoms with Crippen LogP contribution in [0.1, 0.15) is 31.9 Å². The van der Waals surface area contributed by atoms with Crippen LogP contribution >= 0.6 is 0 Å². The van der Waals surface area contributed by atoms with Crippen molar-refractivity contribution in [3.63, 3.8) is 0 Å². The Hall–Kier alpha value is -1.07. The summed E-state index contributed by atoms with van der Waals surface area (Å²) in [6.07, 6.45) is 0. The van der Waals surface area contributed by atoms with E-state index in [4.69, 9.17) is 5.73 Å². The molecular weight excluding hydrogens is 248 g/mol. The number of hydrogen-bond donors (Lipinski definition) is 1. The molecule has 2 N–H and O–H groups in total. The van der Waals surface area contributed by atoms with Crippen molar-refractivity contribution in [2.45, 2.75) is 45.6 Å². The van der Waals surface area contributed by atoms with Crippen LogP contribution in [0.2, 0.25) is 0 Å². The van der Waals surface area contributed by atoms with Gasteiger partial charge in [-0.1, -0.05) is 6.92 Å². The van der Waals surface area contributed by atoms with Crippen molar-refractivity contribution in [1.82, 2.24) is 4.31 Å². The Bertz CT molecular complexity index is 536. The number of benzene rings is 1. The molecule has 0 radical (unpaired) electrons. The molecule has 0 fully saturated rings. The molecule has 0 spiro atoms. The van der Waals surface area contributed by atoms with Crippen molar-refractivity contribution in [3.8, 4) is 0 Å². The summed E-state index contributed by atoms with van der Waals surface area (Å²) in [5, 5.41) is 0. The van der Waals surface area contributed by atoms with Gasteiger partial charge in [-0.15, -0.1) is 0 Å². The lowest BCUT2D eigenvalue weighted by Crippen LogP contribution is -2.37. The Kier molecular flexibility index (Phi) is 4.40. The molecular formula is C13H22N2O2S. The van der Waals surface area contributed by atoms with Crippen molar-refractivity contribution < 1.29 is 8.42 Å². The predicted molar refractivity (Wildman–Crippen MR) is 75.0 cm³/mol. The minimum absolute atomic E-state index is 0.0684. The number of anilines is 1. The molecule has 0 aliphatic heterocycles. The number of nitrogen functional groups attached to an aromatic ring is 1. The van der Waals surface area contributed by atoms with E-state index in [1.165, 1.54) is 4.31 Å². The zero-order chi connectivity index (χ0) is 14.1. The van der Waals surface area contributed by atoms with E-state index in [2.05, 4.69) is 0 Å². The molecule has 102 valence electrons. The van der Waals surface area contributed by atoms with Gasteiger partial charge in [-0.05, 0) is 51.0 Å². The molecule has 0 aliphatic rings. The van der Waals surface area contributed by atoms with E-state index < -0.39 is 10.0 Å². The van der Waals surface area contributed by atoms with Crippen molar-refractivity contribution in [2.24, 2.45) is 0 Å². The molecule has 1 rings (SSSR count). The summed E-state index contributed by atoms with van der Waals surface area (Å²) in [7, 11) is -3.47. The molecule has 0 amide bonds. The van der Waals surface area contributed by atoms with Crippen LogP contribution in [-0.4, -0.2) is 25.3 Å². The second kappa shape index (κ2) is 5.28. The summed E-state index contributed by atoms with van der Waals surface area (Å²) in [6, 6.07) is 3.27. The fourth-order valence-corrected chi connectivity index (χ4v) is 4.04. The van der Waals surface area contributed by atoms with Gasteiger partial charge < -0.3 is 5.73 Å². The van der Waals surface area contributed by atoms with Gasteiger partial charge in [0, 0.05) is 18.3 Å². The SMILES string of the molecule is CCN(C(C)C)S(=O)(=O)c1cc(N)cc(C)c1C. The van der Waals surface area contributed by atoms with Crippen LogP contribution in [0.15, 0.2) is 17.0 Å². The van der Waals surface area contributed by atoms with E-state index in [1.54, 1.807) is 12.1 Å². The zero-order valence-corrected chi connectivity index (χ0v) is 12.5. The molecule has 1 aromatic carbocycles. The molecule has 0 heterocycles. The fourth-order valence-electron chi connectivity index (χ4n) is 2.06. The summed E-state index contributed by atoms with van der Waals surface area (Å²) >= 11 is 0. The maximum absolute atomic E-state index is 12.6. The van der Waals surface area contributed by atoms with Gasteiger partial charge in [0.05, 0.1) is 4.90 Å². The molecule has 0 saturated carbocycles. The highest BCUT2D eigenvalue weighted by Gasteiger charge is 2.27. The van der Waals surface area contributed by atoms with Gasteiger partial charge in [0.15, 0.2) is 0 Å². The third-order valence-corrected chi connectivity index (χ3v) is 5.39. The summed E-state index contributed by atoms with van der Waals surface area (Å²) in [6.45, 7) is 9.72. The number of rotatable bonds is 4. The normalized spacial score (nSPS) is 12.4. The smallest absolute Gasteiger partial charge is 0.243 e. The lowest BCUT2D eigenvalue weighted by atomic mass is 10.1. The average molecular weight is 270 g/mol. The summed E-state index contributed by atoms with van der Waals surface area (Å²) in [5.41, 5.74) is 7.91. The minimum Gasteiger partial charge on any atom is -0.399 e. The van der Waals surface area contributed by atoms with Gasteiger partial charge in [0.1, 0.15) is 0 Å². The Labute approximate surface area is 110 Å². The van der Waals surface area contributed by atoms with Crippen LogP contribution in [0, 0.1) is 13.8 Å². The lowest BCUT2D eigenvalue weighted by Gasteiger charge is -2.25. The van der Waals surface area contributed by atoms with Gasteiger partial charge in [-0.2, -0.15) is 4.31 Å². The summed E-state index contributed by atoms with van der Waals surface area (Å²) in [5.74, 6) is 0. The topological polar surface area (TPSA) is 63.4 Å². The Balaban J connectivity index is 3.46. The average Bonchev–Trinajstić information content (AvgIpc) is 2.23. The third kappa shape index (κ3) is 2.67. The highest BCUT2D eigenvalue weighted by molar-refractivity contribution is 7.89. The molecule has 4 nitrogen and oxygen atoms in total. The first-order valence-electron chi connectivity index (χ1n) is 6.10. The Morgan fingerprint density at radius 3 is 2.28 bits per heavy atom. The zero-order valence-electron chi connectivity index (χ0n) is 11.7. The van der Waals surface area contributed by atoms with E-state index >= 15 is 0 Å². The number of aryl methyl sites for hydroxylation is 1. The first kappa shape index (κ1) is 15.0. The van der Waals surface area contributed by atoms with Crippen molar-refractivity contribution >= 4 is 15.7 Å². The van der Waals surface area contributed by atoms with Gasteiger partial charge in [0.25, 0.3) is 0 Å². The molecule has 1 aromatic rings. The standard InChI is InChI=1S/C13H22N2O2S/c1-6-15(9(2)3)18(16,17)13-8-12(14)7-10(4)11(13)5/h7-9H,6,14H2,1-5H3. The summed E-state index contributed by atoms with van der Waals surface area (Å²) in [4.78, 5) is 0.315. The van der Waals surface area contributed by atoms with Gasteiger partial charge >= 0.3 is 0 Å². The highest BCUT2D eigenvalue weighted by Crippen LogP contribution is 2.26. The molecule has 0 unspecified atom stereocenters. The number of sulfonamides is 1. The highest BCUT2D eigenvalue weighted by atomic mass is 32.2. The van der Waals surface area contributed by atoms with Crippen LogP contribution in [0.3, 0.4) is 0 Å². The van der Waals surface area contributed by atoms with Gasteiger partial charge in [-0.25, -0.2) is 8.42 Å². The molecule has 0 aromatic heterocycles. The maximum Gasteiger partial charge on any atom is 0.243 e. The molecule has 18 heavy (non-hydrogen) atoms. The van der Waals surface area contributed by atoms with E-state index in [9.17, 15) is 8.42 Å². The fraction of sp³-hybridized carbons (Fsp3) is 0.538. The largest absolute Gasteiger partial charge is 0.399 e. The predicted octanol–water partition coefficient (Wildman–Crippen LogP) is 2.30. The molecule has 0 saturated heterocycles. The van der Waals surface area contributed by atoms with Gasteiger partial charge in [-0.3, -0.25) is 0 Å². The monoisotopic (exact) mass is 270 g/mol. The van der Waals surface area contributed by atoms with Crippen LogP contribution < -0.4 is 5.73 Å². The van der Waals surface area contributed by atoms with E-state index in [-0.39, 0.29) is 6.04 Å². The number of nitrogens with zero attached hydrogens (tertiary/aromatic N) is 1. The number of nitrogens with two attached hydrogens (primary N) is 1. The molecule has 0 aliphatic carbocycles. The van der Waals surface area contributed by atoms with Crippen molar-refractivity contribution in [1.29, 1.82) is 0 Å². The number of hydrogen-bond acceptors (Lipinski definition) is 3. The van der Waals surface area contributed by atoms with Crippen LogP contribution in [0.5, 0.6) is 0 Å². The molecule has 0 atom stereocenters. The lowest BCUT2D eigenvalue weighted by molar-refractivity contribution is 0.369. The van der Waals surface area contributed by atoms with Crippen LogP contribution in [-0.2, 0) is 10.0 Å². The Morgan fingerprint density at radius 2 is 1.83 bits per heavy atom. The first-order valence-corrected chi connectivity index (χ1v) is 7.54. The Morgan fingerprint density at radius 1 is 1.28 bits per heavy atom. The summed E-state index contributed by atoms with van der Waals surface area (Å²) < 4.78 is 26.7. The van der Waals surface area contributed by atoms with Crippen molar-refractivity contribution in [3.05, 3.63) is 23.3 Å². The van der Waals surface area contributed by atoms with E-state index in [1.807, 2.05) is 34.6 Å². The second-order valence-corrected chi connectivity index (χ2v) is 6.62. The quantitative estimate of drug-likeness (QED) is 0.854. The van der Waals surface area contributed by atoms with Crippen molar-refractivity contribution in [2.75, 3.05) is 12.3 Å². The van der Waals surface area contributed by atoms with Crippen LogP contribution in [0.4, 0.5) is 5.69 Å². The minimum atomic E-state index is -3.47. The van der Waals surface area contributed by atoms with E-state index in [0.717, 1.165) is 11.1 Å². The maximum atomic E-state index is 12.6. The molecule has 0 bridgehead atoms. The van der Waals surface area contributed by atoms with Gasteiger partial charge in [0.2, 0.25) is 10.0 Å².